The Morgan fingerprint density at radius 3 is 2.86 bits per heavy atom. The van der Waals surface area contributed by atoms with E-state index in [2.05, 4.69) is 20.3 Å². The molecule has 0 aliphatic carbocycles. The lowest BCUT2D eigenvalue weighted by Crippen LogP contribution is -2.40. The first-order valence-corrected chi connectivity index (χ1v) is 9.13. The topological polar surface area (TPSA) is 94.7 Å². The second-order valence-corrected chi connectivity index (χ2v) is 7.63. The molecule has 4 heterocycles. The number of hydrogen-bond acceptors (Lipinski definition) is 7. The summed E-state index contributed by atoms with van der Waals surface area (Å²) in [5.41, 5.74) is 2.80. The number of aromatic nitrogens is 5. The third-order valence-corrected chi connectivity index (χ3v) is 4.33. The van der Waals surface area contributed by atoms with Crippen LogP contribution in [0.25, 0.3) is 5.65 Å². The van der Waals surface area contributed by atoms with E-state index in [9.17, 15) is 4.79 Å². The van der Waals surface area contributed by atoms with Crippen molar-refractivity contribution in [1.82, 2.24) is 29.7 Å². The fourth-order valence-electron chi connectivity index (χ4n) is 3.01. The summed E-state index contributed by atoms with van der Waals surface area (Å²) in [4.78, 5) is 18.3. The Morgan fingerprint density at radius 1 is 1.25 bits per heavy atom. The maximum atomic E-state index is 12.4. The molecule has 3 aromatic heterocycles. The van der Waals surface area contributed by atoms with Gasteiger partial charge in [-0.1, -0.05) is 11.2 Å². The molecular weight excluding hydrogens is 360 g/mol. The van der Waals surface area contributed by atoms with Crippen molar-refractivity contribution in [3.8, 4) is 6.01 Å². The number of rotatable bonds is 3. The molecule has 1 aliphatic rings. The smallest absolute Gasteiger partial charge is 0.410 e. The summed E-state index contributed by atoms with van der Waals surface area (Å²) in [5.74, 6) is 0. The minimum atomic E-state index is -0.535. The van der Waals surface area contributed by atoms with Crippen LogP contribution in [0, 0.1) is 0 Å². The van der Waals surface area contributed by atoms with Gasteiger partial charge in [-0.05, 0) is 44.9 Å². The lowest BCUT2D eigenvalue weighted by molar-refractivity contribution is 0.0224. The van der Waals surface area contributed by atoms with Gasteiger partial charge in [-0.2, -0.15) is 9.61 Å². The summed E-state index contributed by atoms with van der Waals surface area (Å²) in [6.07, 6.45) is 3.85. The van der Waals surface area contributed by atoms with Gasteiger partial charge in [-0.3, -0.25) is 4.98 Å². The molecule has 0 aromatic carbocycles. The van der Waals surface area contributed by atoms with E-state index in [1.807, 2.05) is 39.0 Å². The molecule has 0 saturated heterocycles. The van der Waals surface area contributed by atoms with Crippen molar-refractivity contribution < 1.29 is 14.3 Å². The molecule has 9 heteroatoms. The first-order valence-electron chi connectivity index (χ1n) is 9.13. The van der Waals surface area contributed by atoms with Crippen LogP contribution in [0.1, 0.15) is 37.6 Å². The Labute approximate surface area is 162 Å². The molecule has 0 fully saturated rings. The van der Waals surface area contributed by atoms with E-state index >= 15 is 0 Å². The molecule has 4 rings (SSSR count). The molecule has 9 nitrogen and oxygen atoms in total. The highest BCUT2D eigenvalue weighted by Crippen LogP contribution is 2.25. The fourth-order valence-corrected chi connectivity index (χ4v) is 3.01. The van der Waals surface area contributed by atoms with Crippen LogP contribution in [0.3, 0.4) is 0 Å². The Kier molecular flexibility index (Phi) is 4.58. The van der Waals surface area contributed by atoms with Crippen LogP contribution in [-0.4, -0.2) is 47.9 Å². The molecular formula is C19H22N6O3. The third kappa shape index (κ3) is 3.73. The minimum Gasteiger partial charge on any atom is -0.456 e. The molecule has 1 amide bonds. The van der Waals surface area contributed by atoms with Crippen molar-refractivity contribution in [3.05, 3.63) is 47.4 Å². The zero-order valence-electron chi connectivity index (χ0n) is 16.1. The second kappa shape index (κ2) is 7.06. The van der Waals surface area contributed by atoms with Gasteiger partial charge in [0.1, 0.15) is 12.2 Å². The first-order chi connectivity index (χ1) is 13.4. The summed E-state index contributed by atoms with van der Waals surface area (Å²) in [7, 11) is 0. The van der Waals surface area contributed by atoms with Gasteiger partial charge in [0.2, 0.25) is 0 Å². The predicted molar refractivity (Wildman–Crippen MR) is 99.7 cm³/mol. The largest absolute Gasteiger partial charge is 0.456 e. The molecule has 0 radical (unpaired) electrons. The molecule has 0 saturated carbocycles. The molecule has 3 aromatic rings. The van der Waals surface area contributed by atoms with Crippen LogP contribution >= 0.6 is 0 Å². The SMILES string of the molecule is CC(C)(C)OC(=O)N1CCc2cnn3c(OCc4ccccn4)nnc3c2C1. The zero-order chi connectivity index (χ0) is 19.7. The Balaban J connectivity index is 1.56. The summed E-state index contributed by atoms with van der Waals surface area (Å²) >= 11 is 0. The van der Waals surface area contributed by atoms with E-state index in [4.69, 9.17) is 9.47 Å². The van der Waals surface area contributed by atoms with E-state index in [0.29, 0.717) is 25.2 Å². The maximum absolute atomic E-state index is 12.4. The highest BCUT2D eigenvalue weighted by Gasteiger charge is 2.28. The van der Waals surface area contributed by atoms with Crippen molar-refractivity contribution >= 4 is 11.7 Å². The summed E-state index contributed by atoms with van der Waals surface area (Å²) < 4.78 is 12.8. The molecule has 28 heavy (non-hydrogen) atoms. The molecule has 0 N–H and O–H groups in total. The van der Waals surface area contributed by atoms with Crippen LogP contribution in [0.2, 0.25) is 0 Å². The van der Waals surface area contributed by atoms with E-state index in [1.54, 1.807) is 21.8 Å². The number of carbonyl (C=O) groups excluding carboxylic acids is 1. The first kappa shape index (κ1) is 18.1. The van der Waals surface area contributed by atoms with Gasteiger partial charge in [0.25, 0.3) is 0 Å². The lowest BCUT2D eigenvalue weighted by atomic mass is 10.0. The average molecular weight is 382 g/mol. The monoisotopic (exact) mass is 382 g/mol. The normalized spacial score (nSPS) is 14.0. The van der Waals surface area contributed by atoms with Crippen molar-refractivity contribution in [1.29, 1.82) is 0 Å². The lowest BCUT2D eigenvalue weighted by Gasteiger charge is -2.30. The summed E-state index contributed by atoms with van der Waals surface area (Å²) in [6.45, 7) is 6.81. The molecule has 0 atom stereocenters. The van der Waals surface area contributed by atoms with E-state index < -0.39 is 5.60 Å². The van der Waals surface area contributed by atoms with Gasteiger partial charge in [-0.15, -0.1) is 5.10 Å². The number of nitrogens with zero attached hydrogens (tertiary/aromatic N) is 6. The molecule has 0 unspecified atom stereocenters. The van der Waals surface area contributed by atoms with Crippen molar-refractivity contribution in [2.24, 2.45) is 0 Å². The van der Waals surface area contributed by atoms with Crippen LogP contribution < -0.4 is 4.74 Å². The quantitative estimate of drug-likeness (QED) is 0.686. The maximum Gasteiger partial charge on any atom is 0.410 e. The van der Waals surface area contributed by atoms with Gasteiger partial charge < -0.3 is 14.4 Å². The predicted octanol–water partition coefficient (Wildman–Crippen LogP) is 2.39. The highest BCUT2D eigenvalue weighted by atomic mass is 16.6. The standard InChI is InChI=1S/C19H22N6O3/c1-19(2,3)28-18(26)24-9-7-13-10-21-25-16(15(13)11-24)22-23-17(25)27-12-14-6-4-5-8-20-14/h4-6,8,10H,7,9,11-12H2,1-3H3. The number of amides is 1. The molecule has 146 valence electrons. The van der Waals surface area contributed by atoms with Crippen LogP contribution in [-0.2, 0) is 24.3 Å². The zero-order valence-corrected chi connectivity index (χ0v) is 16.1. The molecule has 1 aliphatic heterocycles. The number of carbonyl (C=O) groups is 1. The third-order valence-electron chi connectivity index (χ3n) is 4.33. The van der Waals surface area contributed by atoms with Gasteiger partial charge in [0, 0.05) is 18.3 Å². The Bertz CT molecular complexity index is 996. The number of hydrogen-bond donors (Lipinski definition) is 0. The fraction of sp³-hybridized carbons (Fsp3) is 0.421. The van der Waals surface area contributed by atoms with Crippen molar-refractivity contribution in [2.75, 3.05) is 6.54 Å². The van der Waals surface area contributed by atoms with Crippen molar-refractivity contribution in [3.63, 3.8) is 0 Å². The average Bonchev–Trinajstić information content (AvgIpc) is 3.09. The van der Waals surface area contributed by atoms with Gasteiger partial charge in [0.15, 0.2) is 5.65 Å². The van der Waals surface area contributed by atoms with E-state index in [-0.39, 0.29) is 18.7 Å². The highest BCUT2D eigenvalue weighted by molar-refractivity contribution is 5.69. The van der Waals surface area contributed by atoms with Crippen LogP contribution in [0.15, 0.2) is 30.6 Å². The van der Waals surface area contributed by atoms with Crippen LogP contribution in [0.5, 0.6) is 6.01 Å². The second-order valence-electron chi connectivity index (χ2n) is 7.63. The van der Waals surface area contributed by atoms with Crippen molar-refractivity contribution in [2.45, 2.75) is 45.9 Å². The van der Waals surface area contributed by atoms with E-state index in [1.165, 1.54) is 0 Å². The molecule has 0 bridgehead atoms. The van der Waals surface area contributed by atoms with Crippen LogP contribution in [0.4, 0.5) is 4.79 Å². The molecule has 0 spiro atoms. The number of ether oxygens (including phenoxy) is 2. The van der Waals surface area contributed by atoms with E-state index in [0.717, 1.165) is 16.8 Å². The number of fused-ring (bicyclic) bond motifs is 3. The minimum absolute atomic E-state index is 0.268. The number of pyridine rings is 1. The van der Waals surface area contributed by atoms with Gasteiger partial charge in [-0.25, -0.2) is 4.79 Å². The summed E-state index contributed by atoms with van der Waals surface area (Å²) in [5, 5.41) is 12.8. The van der Waals surface area contributed by atoms with Gasteiger partial charge >= 0.3 is 12.1 Å². The summed E-state index contributed by atoms with van der Waals surface area (Å²) in [6, 6.07) is 5.91. The van der Waals surface area contributed by atoms with Gasteiger partial charge in [0.05, 0.1) is 18.4 Å². The Hall–Kier alpha value is -3.23. The Morgan fingerprint density at radius 2 is 2.11 bits per heavy atom.